The molecule has 0 aliphatic rings. The Bertz CT molecular complexity index is 10000. The van der Waals surface area contributed by atoms with Gasteiger partial charge in [-0.25, -0.2) is 15.0 Å². The van der Waals surface area contributed by atoms with E-state index < -0.39 is 0 Å². The second kappa shape index (κ2) is 31.2. The van der Waals surface area contributed by atoms with Crippen LogP contribution in [0.3, 0.4) is 0 Å². The van der Waals surface area contributed by atoms with E-state index in [0.29, 0.717) is 35.2 Å². The van der Waals surface area contributed by atoms with Crippen LogP contribution in [-0.4, -0.2) is 66.4 Å². The molecule has 14 heteroatoms. The molecule has 0 saturated carbocycles. The average molecular weight is 1790 g/mol. The third kappa shape index (κ3) is 11.9. The van der Waals surface area contributed by atoms with E-state index in [-0.39, 0.29) is 0 Å². The summed E-state index contributed by atoms with van der Waals surface area (Å²) in [6, 6.07) is 169. The molecule has 30 aromatic rings. The molecule has 0 unspecified atom stereocenters. The van der Waals surface area contributed by atoms with Crippen LogP contribution < -0.4 is 0 Å². The number of fused-ring (bicyclic) bond motifs is 27. The molecule has 30 rings (SSSR count). The van der Waals surface area contributed by atoms with Crippen LogP contribution in [0.25, 0.3) is 266 Å². The predicted molar refractivity (Wildman–Crippen MR) is 576 cm³/mol. The van der Waals surface area contributed by atoms with E-state index in [4.69, 9.17) is 29.9 Å². The smallest absolute Gasteiger partial charge is 0.240 e. The van der Waals surface area contributed by atoms with E-state index in [1.165, 1.54) is 64.9 Å². The maximum atomic E-state index is 5.59. The standard InChI is InChI=1S/C69H43N7.C57H35N7/c1-4-20-44(21-5-1)67-70-68(45-22-18-28-49(42-45)75-61-36-16-12-32-53(61)57-40-38-55-51-30-10-14-34-59(51)73(63(55)65(57)75)47-24-6-2-7-25-47)72-69(71-67)46-23-19-29-50(43-46)76-62-37-17-13-33-54(62)58-41-39-56-52-31-11-15-35-60(52)74(64(56)66(58)76)48-26-8-3-9-27-48;1-4-18-36(19-5-1)55-58-56(63-49-30-16-13-27-42(49)46-34-51-45(35-52(46)63)41-26-12-14-28-47(41)61(51)37-20-6-2-7-21-37)60-57(59-55)64-50-31-17-11-25-40(50)44-33-32-43-39-24-10-15-29-48(39)62(53(43)54(44)64)38-22-8-3-9-23-38/h1-43H;1-35H. The first-order chi connectivity index (χ1) is 69.5. The Morgan fingerprint density at radius 3 is 0.643 bits per heavy atom. The van der Waals surface area contributed by atoms with Gasteiger partial charge in [0.15, 0.2) is 23.3 Å². The second-order valence-electron chi connectivity index (χ2n) is 36.0. The number of nitrogens with zero attached hydrogens (tertiary/aromatic N) is 14. The summed E-state index contributed by atoms with van der Waals surface area (Å²) < 4.78 is 19.0. The van der Waals surface area contributed by atoms with Crippen molar-refractivity contribution < 1.29 is 0 Å². The summed E-state index contributed by atoms with van der Waals surface area (Å²) in [5.74, 6) is 3.46. The van der Waals surface area contributed by atoms with Crippen molar-refractivity contribution >= 4 is 174 Å². The van der Waals surface area contributed by atoms with Crippen molar-refractivity contribution in [2.24, 2.45) is 0 Å². The fraction of sp³-hybridized carbons (Fsp3) is 0. The summed E-state index contributed by atoms with van der Waals surface area (Å²) in [5.41, 5.74) is 27.9. The second-order valence-corrected chi connectivity index (χ2v) is 36.0. The molecule has 0 fully saturated rings. The Morgan fingerprint density at radius 2 is 0.321 bits per heavy atom. The lowest BCUT2D eigenvalue weighted by atomic mass is 10.1. The SMILES string of the molecule is c1ccc(-c2nc(-c3cccc(-n4c5ccccc5c5ccc6c7ccccc7n(-c7ccccc7)c6c54)c3)nc(-c3cccc(-n4c5ccccc5c5ccc6c7ccccc7n(-c7ccccc7)c6c54)c3)n2)cc1.c1ccc(-c2nc(-n3c4ccccc4c4cc5c(cc43)c3ccccc3n5-c3ccccc3)nc(-n3c4ccccc4c4ccc5c6ccccc6n(-c6ccccc6)c5c43)n2)cc1. The van der Waals surface area contributed by atoms with Gasteiger partial charge in [-0.2, -0.15) is 15.0 Å². The van der Waals surface area contributed by atoms with Crippen molar-refractivity contribution in [1.82, 2.24) is 66.4 Å². The van der Waals surface area contributed by atoms with Gasteiger partial charge in [0.05, 0.1) is 88.3 Å². The molecule has 0 spiro atoms. The molecule has 0 bridgehead atoms. The van der Waals surface area contributed by atoms with Crippen LogP contribution in [-0.2, 0) is 0 Å². The highest BCUT2D eigenvalue weighted by Crippen LogP contribution is 2.49. The third-order valence-corrected chi connectivity index (χ3v) is 28.4. The van der Waals surface area contributed by atoms with E-state index in [1.54, 1.807) is 0 Å². The van der Waals surface area contributed by atoms with Crippen LogP contribution in [0.5, 0.6) is 0 Å². The lowest BCUT2D eigenvalue weighted by molar-refractivity contribution is 0.893. The maximum Gasteiger partial charge on any atom is 0.240 e. The topological polar surface area (TPSA) is 117 Å². The highest BCUT2D eigenvalue weighted by Gasteiger charge is 2.30. The zero-order chi connectivity index (χ0) is 91.7. The molecule has 10 heterocycles. The van der Waals surface area contributed by atoms with E-state index in [2.05, 4.69) is 473 Å². The molecular weight excluding hydrogens is 1710 g/mol. The summed E-state index contributed by atoms with van der Waals surface area (Å²) in [5, 5.41) is 18.8. The molecule has 0 aliphatic heterocycles. The molecule has 0 saturated heterocycles. The molecule has 20 aromatic carbocycles. The van der Waals surface area contributed by atoms with Crippen molar-refractivity contribution in [3.63, 3.8) is 0 Å². The van der Waals surface area contributed by atoms with Crippen molar-refractivity contribution in [3.05, 3.63) is 473 Å². The van der Waals surface area contributed by atoms with Gasteiger partial charge < -0.3 is 27.4 Å². The van der Waals surface area contributed by atoms with Gasteiger partial charge in [0, 0.05) is 143 Å². The number of benzene rings is 20. The Kier molecular flexibility index (Phi) is 17.5. The van der Waals surface area contributed by atoms with Gasteiger partial charge in [0.2, 0.25) is 11.9 Å². The van der Waals surface area contributed by atoms with Crippen LogP contribution in [0.15, 0.2) is 473 Å². The molecule has 0 atom stereocenters. The van der Waals surface area contributed by atoms with Gasteiger partial charge >= 0.3 is 0 Å². The Hall–Kier alpha value is -19.2. The maximum absolute atomic E-state index is 5.59. The zero-order valence-electron chi connectivity index (χ0n) is 75.3. The van der Waals surface area contributed by atoms with Crippen LogP contribution >= 0.6 is 0 Å². The van der Waals surface area contributed by atoms with Crippen LogP contribution in [0.1, 0.15) is 0 Å². The minimum atomic E-state index is 0.542. The van der Waals surface area contributed by atoms with Gasteiger partial charge in [-0.1, -0.05) is 340 Å². The predicted octanol–water partition coefficient (Wildman–Crippen LogP) is 31.2. The molecule has 14 nitrogen and oxygen atoms in total. The number of hydrogen-bond donors (Lipinski definition) is 0. The highest BCUT2D eigenvalue weighted by molar-refractivity contribution is 6.28. The number of aromatic nitrogens is 14. The Labute approximate surface area is 800 Å². The molecule has 0 aliphatic carbocycles. The van der Waals surface area contributed by atoms with E-state index in [9.17, 15) is 0 Å². The first-order valence-electron chi connectivity index (χ1n) is 47.4. The quantitative estimate of drug-likeness (QED) is 0.120. The summed E-state index contributed by atoms with van der Waals surface area (Å²) in [4.78, 5) is 32.4. The minimum Gasteiger partial charge on any atom is -0.309 e. The summed E-state index contributed by atoms with van der Waals surface area (Å²) in [6.45, 7) is 0. The van der Waals surface area contributed by atoms with Crippen LogP contribution in [0, 0.1) is 0 Å². The largest absolute Gasteiger partial charge is 0.309 e. The molecule has 140 heavy (non-hydrogen) atoms. The normalized spacial score (nSPS) is 12.0. The highest BCUT2D eigenvalue weighted by atomic mass is 15.3. The lowest BCUT2D eigenvalue weighted by Crippen LogP contribution is -2.10. The third-order valence-electron chi connectivity index (χ3n) is 28.4. The molecule has 0 radical (unpaired) electrons. The van der Waals surface area contributed by atoms with Crippen LogP contribution in [0.4, 0.5) is 0 Å². The number of rotatable bonds is 12. The monoisotopic (exact) mass is 1790 g/mol. The molecule has 0 amide bonds. The Morgan fingerprint density at radius 1 is 0.114 bits per heavy atom. The molecule has 0 N–H and O–H groups in total. The number of para-hydroxylation sites is 12. The first kappa shape index (κ1) is 78.3. The van der Waals surface area contributed by atoms with Crippen molar-refractivity contribution in [3.8, 4) is 91.6 Å². The van der Waals surface area contributed by atoms with Gasteiger partial charge in [-0.15, -0.1) is 0 Å². The summed E-state index contributed by atoms with van der Waals surface area (Å²) in [6.07, 6.45) is 0. The summed E-state index contributed by atoms with van der Waals surface area (Å²) >= 11 is 0. The van der Waals surface area contributed by atoms with Gasteiger partial charge in [0.1, 0.15) is 0 Å². The van der Waals surface area contributed by atoms with Crippen molar-refractivity contribution in [2.75, 3.05) is 0 Å². The summed E-state index contributed by atoms with van der Waals surface area (Å²) in [7, 11) is 0. The zero-order valence-corrected chi connectivity index (χ0v) is 75.3. The fourth-order valence-corrected chi connectivity index (χ4v) is 22.5. The van der Waals surface area contributed by atoms with Gasteiger partial charge in [0.25, 0.3) is 0 Å². The van der Waals surface area contributed by atoms with E-state index in [1.807, 2.05) is 36.4 Å². The van der Waals surface area contributed by atoms with Crippen molar-refractivity contribution in [1.29, 1.82) is 0 Å². The first-order valence-corrected chi connectivity index (χ1v) is 47.4. The van der Waals surface area contributed by atoms with Gasteiger partial charge in [-0.3, -0.25) is 9.13 Å². The minimum absolute atomic E-state index is 0.542. The molecule has 10 aromatic heterocycles. The fourth-order valence-electron chi connectivity index (χ4n) is 22.5. The van der Waals surface area contributed by atoms with E-state index in [0.717, 1.165) is 166 Å². The van der Waals surface area contributed by atoms with Crippen molar-refractivity contribution in [2.45, 2.75) is 0 Å². The number of hydrogen-bond acceptors (Lipinski definition) is 6. The lowest BCUT2D eigenvalue weighted by Gasteiger charge is -2.14. The van der Waals surface area contributed by atoms with E-state index >= 15 is 0 Å². The van der Waals surface area contributed by atoms with Crippen LogP contribution in [0.2, 0.25) is 0 Å². The average Bonchev–Trinajstić information content (AvgIpc) is 1.55. The van der Waals surface area contributed by atoms with Gasteiger partial charge in [-0.05, 0) is 133 Å². The Balaban J connectivity index is 0.000000136. The molecule has 652 valence electrons. The molecular formula is C126H78N14.